The number of phenolic OH excluding ortho intramolecular Hbond substituents is 1. The molecule has 0 saturated carbocycles. The fraction of sp³-hybridized carbons (Fsp3) is 0.0526. The summed E-state index contributed by atoms with van der Waals surface area (Å²) in [7, 11) is 0. The van der Waals surface area contributed by atoms with Crippen LogP contribution in [0.15, 0.2) is 64.2 Å². The zero-order valence-electron chi connectivity index (χ0n) is 13.0. The average molecular weight is 509 g/mol. The Bertz CT molecular complexity index is 968. The van der Waals surface area contributed by atoms with Crippen molar-refractivity contribution in [1.29, 1.82) is 0 Å². The Morgan fingerprint density at radius 2 is 1.96 bits per heavy atom. The number of hydrazone groups is 1. The van der Waals surface area contributed by atoms with E-state index in [0.29, 0.717) is 9.13 Å². The van der Waals surface area contributed by atoms with Crippen LogP contribution in [0.1, 0.15) is 11.1 Å². The monoisotopic (exact) mass is 508 g/mol. The summed E-state index contributed by atoms with van der Waals surface area (Å²) in [5.74, 6) is -0.0763. The van der Waals surface area contributed by atoms with Crippen molar-refractivity contribution in [2.75, 3.05) is 0 Å². The SMILES string of the molecule is O=C(Cc1cccc2ccccc12)NN=Cc1cc(Br)cc(I)c1O. The molecule has 0 fully saturated rings. The number of amides is 1. The number of aromatic hydroxyl groups is 1. The number of nitrogens with zero attached hydrogens (tertiary/aromatic N) is 1. The lowest BCUT2D eigenvalue weighted by Gasteiger charge is -2.06. The Balaban J connectivity index is 1.71. The van der Waals surface area contributed by atoms with E-state index in [9.17, 15) is 9.90 Å². The molecular weight excluding hydrogens is 495 g/mol. The van der Waals surface area contributed by atoms with Gasteiger partial charge in [-0.25, -0.2) is 5.43 Å². The van der Waals surface area contributed by atoms with E-state index < -0.39 is 0 Å². The molecule has 0 heterocycles. The second-order valence-corrected chi connectivity index (χ2v) is 7.51. The van der Waals surface area contributed by atoms with Crippen molar-refractivity contribution in [3.63, 3.8) is 0 Å². The van der Waals surface area contributed by atoms with E-state index in [0.717, 1.165) is 20.8 Å². The molecule has 3 aromatic rings. The summed E-state index contributed by atoms with van der Waals surface area (Å²) >= 11 is 5.41. The highest BCUT2D eigenvalue weighted by Crippen LogP contribution is 2.27. The summed E-state index contributed by atoms with van der Waals surface area (Å²) in [5.41, 5.74) is 3.99. The minimum atomic E-state index is -0.211. The van der Waals surface area contributed by atoms with E-state index >= 15 is 0 Å². The van der Waals surface area contributed by atoms with Gasteiger partial charge in [-0.3, -0.25) is 4.79 Å². The van der Waals surface area contributed by atoms with Gasteiger partial charge in [0.15, 0.2) is 0 Å². The second-order valence-electron chi connectivity index (χ2n) is 5.43. The van der Waals surface area contributed by atoms with Crippen LogP contribution < -0.4 is 5.43 Å². The molecular formula is C19H14BrIN2O2. The molecule has 0 aliphatic carbocycles. The first-order valence-electron chi connectivity index (χ1n) is 7.51. The van der Waals surface area contributed by atoms with Crippen molar-refractivity contribution in [3.05, 3.63) is 73.8 Å². The van der Waals surface area contributed by atoms with Gasteiger partial charge < -0.3 is 5.11 Å². The Kier molecular flexibility index (Phi) is 5.70. The zero-order chi connectivity index (χ0) is 17.8. The van der Waals surface area contributed by atoms with Gasteiger partial charge in [-0.2, -0.15) is 5.10 Å². The maximum absolute atomic E-state index is 12.2. The summed E-state index contributed by atoms with van der Waals surface area (Å²) in [4.78, 5) is 12.2. The molecule has 0 atom stereocenters. The van der Waals surface area contributed by atoms with Crippen LogP contribution in [0.25, 0.3) is 10.8 Å². The standard InChI is InChI=1S/C19H14BrIN2O2/c20-15-8-14(19(25)17(21)10-15)11-22-23-18(24)9-13-6-3-5-12-4-1-2-7-16(12)13/h1-8,10-11,25H,9H2,(H,23,24). The third-order valence-electron chi connectivity index (χ3n) is 3.68. The molecule has 3 aromatic carbocycles. The van der Waals surface area contributed by atoms with E-state index in [1.54, 1.807) is 12.1 Å². The van der Waals surface area contributed by atoms with Gasteiger partial charge in [-0.05, 0) is 51.1 Å². The van der Waals surface area contributed by atoms with E-state index in [-0.39, 0.29) is 18.1 Å². The molecule has 0 radical (unpaired) electrons. The van der Waals surface area contributed by atoms with Crippen LogP contribution >= 0.6 is 38.5 Å². The summed E-state index contributed by atoms with van der Waals surface area (Å²) < 4.78 is 1.54. The van der Waals surface area contributed by atoms with E-state index in [4.69, 9.17) is 0 Å². The molecule has 1 amide bonds. The first-order chi connectivity index (χ1) is 12.0. The lowest BCUT2D eigenvalue weighted by Crippen LogP contribution is -2.19. The molecule has 0 unspecified atom stereocenters. The fourth-order valence-electron chi connectivity index (χ4n) is 2.52. The minimum Gasteiger partial charge on any atom is -0.506 e. The van der Waals surface area contributed by atoms with Crippen molar-refractivity contribution in [1.82, 2.24) is 5.43 Å². The molecule has 0 aromatic heterocycles. The lowest BCUT2D eigenvalue weighted by atomic mass is 10.0. The molecule has 0 spiro atoms. The number of hydrogen-bond donors (Lipinski definition) is 2. The van der Waals surface area contributed by atoms with Crippen LogP contribution in [-0.4, -0.2) is 17.2 Å². The summed E-state index contributed by atoms with van der Waals surface area (Å²) in [5, 5.41) is 16.1. The van der Waals surface area contributed by atoms with Crippen LogP contribution in [-0.2, 0) is 11.2 Å². The number of carbonyl (C=O) groups is 1. The summed E-state index contributed by atoms with van der Waals surface area (Å²) in [6.07, 6.45) is 1.67. The van der Waals surface area contributed by atoms with Gasteiger partial charge in [-0.15, -0.1) is 0 Å². The van der Waals surface area contributed by atoms with E-state index in [2.05, 4.69) is 26.5 Å². The normalized spacial score (nSPS) is 11.1. The van der Waals surface area contributed by atoms with Crippen molar-refractivity contribution in [2.45, 2.75) is 6.42 Å². The van der Waals surface area contributed by atoms with Crippen LogP contribution in [0.4, 0.5) is 0 Å². The third kappa shape index (κ3) is 4.38. The highest BCUT2D eigenvalue weighted by molar-refractivity contribution is 14.1. The molecule has 4 nitrogen and oxygen atoms in total. The average Bonchev–Trinajstić information content (AvgIpc) is 2.59. The maximum Gasteiger partial charge on any atom is 0.244 e. The molecule has 0 aliphatic rings. The van der Waals surface area contributed by atoms with Gasteiger partial charge in [0.05, 0.1) is 16.2 Å². The number of rotatable bonds is 4. The minimum absolute atomic E-state index is 0.135. The molecule has 0 bridgehead atoms. The Hall–Kier alpha value is -1.93. The molecule has 3 rings (SSSR count). The Labute approximate surface area is 167 Å². The van der Waals surface area contributed by atoms with Crippen molar-refractivity contribution in [3.8, 4) is 5.75 Å². The molecule has 6 heteroatoms. The van der Waals surface area contributed by atoms with Gasteiger partial charge in [-0.1, -0.05) is 58.4 Å². The maximum atomic E-state index is 12.2. The smallest absolute Gasteiger partial charge is 0.244 e. The van der Waals surface area contributed by atoms with E-state index in [1.807, 2.05) is 65.1 Å². The first kappa shape index (κ1) is 17.9. The van der Waals surface area contributed by atoms with Gasteiger partial charge in [0.25, 0.3) is 0 Å². The third-order valence-corrected chi connectivity index (χ3v) is 4.96. The highest BCUT2D eigenvalue weighted by Gasteiger charge is 2.07. The summed E-state index contributed by atoms with van der Waals surface area (Å²) in [6, 6.07) is 17.4. The largest absolute Gasteiger partial charge is 0.506 e. The van der Waals surface area contributed by atoms with Gasteiger partial charge in [0.2, 0.25) is 5.91 Å². The van der Waals surface area contributed by atoms with Crippen LogP contribution in [0, 0.1) is 3.57 Å². The molecule has 25 heavy (non-hydrogen) atoms. The number of nitrogens with one attached hydrogen (secondary N) is 1. The second kappa shape index (κ2) is 7.97. The predicted molar refractivity (Wildman–Crippen MR) is 112 cm³/mol. The fourth-order valence-corrected chi connectivity index (χ4v) is 4.07. The van der Waals surface area contributed by atoms with Gasteiger partial charge >= 0.3 is 0 Å². The highest BCUT2D eigenvalue weighted by atomic mass is 127. The van der Waals surface area contributed by atoms with Crippen molar-refractivity contribution >= 4 is 61.4 Å². The number of fused-ring (bicyclic) bond motifs is 1. The first-order valence-corrected chi connectivity index (χ1v) is 9.38. The number of phenols is 1. The molecule has 126 valence electrons. The molecule has 2 N–H and O–H groups in total. The summed E-state index contributed by atoms with van der Waals surface area (Å²) in [6.45, 7) is 0. The van der Waals surface area contributed by atoms with Crippen LogP contribution in [0.3, 0.4) is 0 Å². The Morgan fingerprint density at radius 1 is 1.20 bits per heavy atom. The van der Waals surface area contributed by atoms with E-state index in [1.165, 1.54) is 6.21 Å². The predicted octanol–water partition coefficient (Wildman–Crippen LogP) is 4.61. The van der Waals surface area contributed by atoms with Crippen LogP contribution in [0.2, 0.25) is 0 Å². The van der Waals surface area contributed by atoms with Gasteiger partial charge in [0, 0.05) is 10.0 Å². The topological polar surface area (TPSA) is 61.7 Å². The lowest BCUT2D eigenvalue weighted by molar-refractivity contribution is -0.120. The Morgan fingerprint density at radius 3 is 2.80 bits per heavy atom. The van der Waals surface area contributed by atoms with Gasteiger partial charge in [0.1, 0.15) is 5.75 Å². The number of halogens is 2. The zero-order valence-corrected chi connectivity index (χ0v) is 16.8. The molecule has 0 aliphatic heterocycles. The quantitative estimate of drug-likeness (QED) is 0.307. The number of benzene rings is 3. The molecule has 0 saturated heterocycles. The number of carbonyl (C=O) groups excluding carboxylic acids is 1. The van der Waals surface area contributed by atoms with Crippen molar-refractivity contribution < 1.29 is 9.90 Å². The number of hydrogen-bond acceptors (Lipinski definition) is 3. The van der Waals surface area contributed by atoms with Crippen LogP contribution in [0.5, 0.6) is 5.75 Å². The van der Waals surface area contributed by atoms with Crippen molar-refractivity contribution in [2.24, 2.45) is 5.10 Å².